The molecule has 0 aromatic carbocycles. The van der Waals surface area contributed by atoms with Gasteiger partial charge in [-0.05, 0) is 27.2 Å². The molecule has 0 heterocycles. The van der Waals surface area contributed by atoms with Crippen molar-refractivity contribution in [2.75, 3.05) is 0 Å². The molecule has 1 atom stereocenters. The molecule has 1 amide bonds. The van der Waals surface area contributed by atoms with Crippen molar-refractivity contribution in [1.29, 1.82) is 0 Å². The van der Waals surface area contributed by atoms with E-state index in [9.17, 15) is 18.0 Å². The molecule has 0 fully saturated rings. The first-order valence-electron chi connectivity index (χ1n) is 5.22. The van der Waals surface area contributed by atoms with Crippen LogP contribution in [-0.4, -0.2) is 37.2 Å². The summed E-state index contributed by atoms with van der Waals surface area (Å²) in [5.74, 6) is -1.33. The Morgan fingerprint density at radius 2 is 1.83 bits per heavy atom. The van der Waals surface area contributed by atoms with E-state index in [2.05, 4.69) is 0 Å². The van der Waals surface area contributed by atoms with Crippen LogP contribution in [0.1, 0.15) is 34.1 Å². The van der Waals surface area contributed by atoms with Gasteiger partial charge in [0.2, 0.25) is 0 Å². The van der Waals surface area contributed by atoms with Crippen molar-refractivity contribution < 1.29 is 27.9 Å². The van der Waals surface area contributed by atoms with Gasteiger partial charge in [0.25, 0.3) is 0 Å². The number of nitrogens with one attached hydrogen (secondary N) is 2. The van der Waals surface area contributed by atoms with E-state index in [0.29, 0.717) is 0 Å². The minimum Gasteiger partial charge on any atom is -0.480 e. The summed E-state index contributed by atoms with van der Waals surface area (Å²) < 4.78 is 30.9. The highest BCUT2D eigenvalue weighted by Crippen LogP contribution is 2.06. The van der Waals surface area contributed by atoms with Crippen molar-refractivity contribution in [3.8, 4) is 0 Å². The van der Waals surface area contributed by atoms with Crippen LogP contribution in [-0.2, 0) is 19.7 Å². The summed E-state index contributed by atoms with van der Waals surface area (Å²) in [5, 5.41) is 8.69. The second-order valence-electron chi connectivity index (χ2n) is 4.52. The molecule has 0 aliphatic rings. The van der Waals surface area contributed by atoms with Gasteiger partial charge in [0, 0.05) is 0 Å². The van der Waals surface area contributed by atoms with Crippen LogP contribution in [0, 0.1) is 0 Å². The first-order chi connectivity index (χ1) is 7.97. The molecule has 0 aromatic rings. The second kappa shape index (κ2) is 6.01. The summed E-state index contributed by atoms with van der Waals surface area (Å²) in [7, 11) is -4.26. The number of carboxylic acids is 1. The van der Waals surface area contributed by atoms with Gasteiger partial charge in [-0.1, -0.05) is 6.92 Å². The monoisotopic (exact) mass is 282 g/mol. The lowest BCUT2D eigenvalue weighted by Crippen LogP contribution is -2.48. The van der Waals surface area contributed by atoms with Gasteiger partial charge in [0.15, 0.2) is 0 Å². The Morgan fingerprint density at radius 3 is 2.17 bits per heavy atom. The first kappa shape index (κ1) is 16.6. The molecule has 0 saturated heterocycles. The Labute approximate surface area is 106 Å². The van der Waals surface area contributed by atoms with Crippen molar-refractivity contribution in [2.45, 2.75) is 45.8 Å². The molecule has 106 valence electrons. The fourth-order valence-electron chi connectivity index (χ4n) is 0.934. The summed E-state index contributed by atoms with van der Waals surface area (Å²) in [4.78, 5) is 21.9. The second-order valence-corrected chi connectivity index (χ2v) is 5.97. The van der Waals surface area contributed by atoms with E-state index < -0.39 is 33.9 Å². The topological polar surface area (TPSA) is 122 Å². The van der Waals surface area contributed by atoms with Crippen LogP contribution in [0.15, 0.2) is 0 Å². The van der Waals surface area contributed by atoms with E-state index in [-0.39, 0.29) is 6.42 Å². The molecular weight excluding hydrogens is 264 g/mol. The molecule has 18 heavy (non-hydrogen) atoms. The lowest BCUT2D eigenvalue weighted by atomic mass is 10.2. The maximum absolute atomic E-state index is 11.4. The molecule has 0 saturated carbocycles. The van der Waals surface area contributed by atoms with Gasteiger partial charge in [-0.3, -0.25) is 4.79 Å². The van der Waals surface area contributed by atoms with Crippen molar-refractivity contribution in [2.24, 2.45) is 0 Å². The molecule has 0 aromatic heterocycles. The molecule has 0 radical (unpaired) electrons. The molecule has 0 aliphatic heterocycles. The molecule has 0 spiro atoms. The van der Waals surface area contributed by atoms with Gasteiger partial charge >= 0.3 is 22.3 Å². The zero-order valence-electron chi connectivity index (χ0n) is 10.7. The summed E-state index contributed by atoms with van der Waals surface area (Å²) in [6, 6.07) is -1.30. The zero-order valence-corrected chi connectivity index (χ0v) is 11.5. The van der Waals surface area contributed by atoms with Crippen LogP contribution < -0.4 is 9.44 Å². The smallest absolute Gasteiger partial charge is 0.422 e. The van der Waals surface area contributed by atoms with Crippen LogP contribution in [0.4, 0.5) is 4.79 Å². The highest BCUT2D eigenvalue weighted by atomic mass is 32.2. The molecule has 0 aliphatic carbocycles. The SMILES string of the molecule is CCC(NS(=O)(=O)NC(=O)OC(C)(C)C)C(=O)O. The van der Waals surface area contributed by atoms with Crippen molar-refractivity contribution in [1.82, 2.24) is 9.44 Å². The summed E-state index contributed by atoms with van der Waals surface area (Å²) in [6.07, 6.45) is -1.12. The van der Waals surface area contributed by atoms with E-state index in [1.54, 1.807) is 25.5 Å². The average Bonchev–Trinajstić information content (AvgIpc) is 2.09. The number of carboxylic acid groups (broad SMARTS) is 1. The normalized spacial score (nSPS) is 13.8. The van der Waals surface area contributed by atoms with E-state index in [1.807, 2.05) is 4.72 Å². The van der Waals surface area contributed by atoms with E-state index in [0.717, 1.165) is 0 Å². The van der Waals surface area contributed by atoms with Crippen LogP contribution >= 0.6 is 0 Å². The number of carbonyl (C=O) groups is 2. The van der Waals surface area contributed by atoms with Crippen LogP contribution in [0.5, 0.6) is 0 Å². The number of rotatable bonds is 5. The van der Waals surface area contributed by atoms with Crippen LogP contribution in [0.25, 0.3) is 0 Å². The number of carbonyl (C=O) groups excluding carboxylic acids is 1. The van der Waals surface area contributed by atoms with Crippen molar-refractivity contribution in [3.05, 3.63) is 0 Å². The Balaban J connectivity index is 4.58. The van der Waals surface area contributed by atoms with Crippen molar-refractivity contribution in [3.63, 3.8) is 0 Å². The number of ether oxygens (including phenoxy) is 1. The van der Waals surface area contributed by atoms with Crippen LogP contribution in [0.2, 0.25) is 0 Å². The highest BCUT2D eigenvalue weighted by Gasteiger charge is 2.26. The molecule has 3 N–H and O–H groups in total. The van der Waals surface area contributed by atoms with Gasteiger partial charge in [0.05, 0.1) is 0 Å². The zero-order chi connectivity index (χ0) is 14.6. The number of amides is 1. The standard InChI is InChI=1S/C9H18N2O6S/c1-5-6(7(12)13)10-18(15,16)11-8(14)17-9(2,3)4/h6,10H,5H2,1-4H3,(H,11,14)(H,12,13). The molecule has 0 rings (SSSR count). The minimum absolute atomic E-state index is 0.0462. The molecule has 0 bridgehead atoms. The number of aliphatic carboxylic acids is 1. The summed E-state index contributed by atoms with van der Waals surface area (Å²) in [6.45, 7) is 6.20. The van der Waals surface area contributed by atoms with Crippen LogP contribution in [0.3, 0.4) is 0 Å². The maximum atomic E-state index is 11.4. The first-order valence-corrected chi connectivity index (χ1v) is 6.71. The highest BCUT2D eigenvalue weighted by molar-refractivity contribution is 7.88. The molecule has 9 heteroatoms. The van der Waals surface area contributed by atoms with Gasteiger partial charge in [-0.15, -0.1) is 0 Å². The van der Waals surface area contributed by atoms with Crippen molar-refractivity contribution >= 4 is 22.3 Å². The Hall–Kier alpha value is -1.35. The number of hydrogen-bond acceptors (Lipinski definition) is 5. The number of hydrogen-bond donors (Lipinski definition) is 3. The van der Waals surface area contributed by atoms with Gasteiger partial charge in [0.1, 0.15) is 11.6 Å². The lowest BCUT2D eigenvalue weighted by Gasteiger charge is -2.20. The fourth-order valence-corrected chi connectivity index (χ4v) is 1.90. The summed E-state index contributed by atoms with van der Waals surface area (Å²) in [5.41, 5.74) is -0.851. The molecule has 8 nitrogen and oxygen atoms in total. The predicted molar refractivity (Wildman–Crippen MR) is 63.1 cm³/mol. The third-order valence-electron chi connectivity index (χ3n) is 1.62. The maximum Gasteiger partial charge on any atom is 0.422 e. The third kappa shape index (κ3) is 7.07. The Bertz CT molecular complexity index is 411. The van der Waals surface area contributed by atoms with Gasteiger partial charge < -0.3 is 9.84 Å². The average molecular weight is 282 g/mol. The Morgan fingerprint density at radius 1 is 1.33 bits per heavy atom. The quantitative estimate of drug-likeness (QED) is 0.662. The third-order valence-corrected chi connectivity index (χ3v) is 2.65. The summed E-state index contributed by atoms with van der Waals surface area (Å²) >= 11 is 0. The fraction of sp³-hybridized carbons (Fsp3) is 0.778. The minimum atomic E-state index is -4.26. The molecular formula is C9H18N2O6S. The van der Waals surface area contributed by atoms with E-state index in [4.69, 9.17) is 9.84 Å². The Kier molecular flexibility index (Phi) is 5.55. The van der Waals surface area contributed by atoms with Gasteiger partial charge in [-0.2, -0.15) is 13.1 Å². The van der Waals surface area contributed by atoms with E-state index >= 15 is 0 Å². The predicted octanol–water partition coefficient (Wildman–Crippen LogP) is 0.209. The largest absolute Gasteiger partial charge is 0.480 e. The molecule has 1 unspecified atom stereocenters. The van der Waals surface area contributed by atoms with E-state index in [1.165, 1.54) is 6.92 Å². The lowest BCUT2D eigenvalue weighted by molar-refractivity contribution is -0.139. The van der Waals surface area contributed by atoms with Gasteiger partial charge in [-0.25, -0.2) is 9.52 Å².